The van der Waals surface area contributed by atoms with Crippen molar-refractivity contribution in [3.63, 3.8) is 0 Å². The third-order valence-corrected chi connectivity index (χ3v) is 3.62. The molecular formula is C15H19N3O. The van der Waals surface area contributed by atoms with E-state index in [1.165, 1.54) is 0 Å². The molecule has 4 heteroatoms. The van der Waals surface area contributed by atoms with Gasteiger partial charge in [0.05, 0.1) is 18.4 Å². The van der Waals surface area contributed by atoms with Crippen molar-refractivity contribution < 1.29 is 4.79 Å². The van der Waals surface area contributed by atoms with Crippen LogP contribution in [0.1, 0.15) is 13.3 Å². The molecule has 1 aliphatic rings. The van der Waals surface area contributed by atoms with E-state index in [2.05, 4.69) is 18.3 Å². The van der Waals surface area contributed by atoms with E-state index in [0.717, 1.165) is 18.8 Å². The summed E-state index contributed by atoms with van der Waals surface area (Å²) in [6, 6.07) is 11.7. The summed E-state index contributed by atoms with van der Waals surface area (Å²) in [6.07, 6.45) is 0.356. The molecule has 100 valence electrons. The number of hydrogen-bond acceptors (Lipinski definition) is 3. The molecular weight excluding hydrogens is 238 g/mol. The van der Waals surface area contributed by atoms with E-state index in [4.69, 9.17) is 5.26 Å². The summed E-state index contributed by atoms with van der Waals surface area (Å²) in [4.78, 5) is 14.4. The summed E-state index contributed by atoms with van der Waals surface area (Å²) in [5.41, 5.74) is 0.877. The van der Waals surface area contributed by atoms with Crippen LogP contribution in [0.3, 0.4) is 0 Å². The molecule has 1 fully saturated rings. The Morgan fingerprint density at radius 1 is 1.42 bits per heavy atom. The van der Waals surface area contributed by atoms with Crippen LogP contribution in [0.4, 0.5) is 5.69 Å². The number of para-hydroxylation sites is 1. The molecule has 1 aliphatic heterocycles. The fourth-order valence-electron chi connectivity index (χ4n) is 2.48. The Labute approximate surface area is 114 Å². The molecule has 0 radical (unpaired) electrons. The van der Waals surface area contributed by atoms with Crippen molar-refractivity contribution in [3.8, 4) is 6.07 Å². The van der Waals surface area contributed by atoms with Gasteiger partial charge in [0.15, 0.2) is 0 Å². The number of benzene rings is 1. The average molecular weight is 257 g/mol. The first-order valence-electron chi connectivity index (χ1n) is 6.68. The van der Waals surface area contributed by atoms with Gasteiger partial charge < -0.3 is 10.2 Å². The zero-order chi connectivity index (χ0) is 13.7. The monoisotopic (exact) mass is 257 g/mol. The highest BCUT2D eigenvalue weighted by atomic mass is 16.2. The van der Waals surface area contributed by atoms with Crippen LogP contribution in [0.2, 0.25) is 0 Å². The van der Waals surface area contributed by atoms with Crippen molar-refractivity contribution in [3.05, 3.63) is 30.3 Å². The number of nitrogens with zero attached hydrogens (tertiary/aromatic N) is 2. The van der Waals surface area contributed by atoms with E-state index in [9.17, 15) is 4.79 Å². The molecule has 0 aliphatic carbocycles. The second kappa shape index (κ2) is 6.35. The number of rotatable bonds is 4. The fraction of sp³-hybridized carbons (Fsp3) is 0.467. The van der Waals surface area contributed by atoms with Crippen LogP contribution in [0.15, 0.2) is 30.3 Å². The molecule has 2 rings (SSSR count). The summed E-state index contributed by atoms with van der Waals surface area (Å²) in [5.74, 6) is 0.485. The van der Waals surface area contributed by atoms with Crippen LogP contribution in [0.25, 0.3) is 0 Å². The number of amides is 1. The number of carbonyl (C=O) groups excluding carboxylic acids is 1. The Hall–Kier alpha value is -1.86. The van der Waals surface area contributed by atoms with Gasteiger partial charge in [-0.25, -0.2) is 0 Å². The van der Waals surface area contributed by atoms with Gasteiger partial charge in [-0.1, -0.05) is 25.1 Å². The van der Waals surface area contributed by atoms with Crippen molar-refractivity contribution in [2.75, 3.05) is 24.5 Å². The Kier molecular flexibility index (Phi) is 4.53. The minimum atomic E-state index is 0.0129. The highest BCUT2D eigenvalue weighted by molar-refractivity contribution is 5.95. The van der Waals surface area contributed by atoms with E-state index < -0.39 is 0 Å². The third-order valence-electron chi connectivity index (χ3n) is 3.62. The van der Waals surface area contributed by atoms with Gasteiger partial charge in [0.25, 0.3) is 0 Å². The molecule has 1 N–H and O–H groups in total. The molecule has 0 aromatic heterocycles. The summed E-state index contributed by atoms with van der Waals surface area (Å²) >= 11 is 0. The first-order chi connectivity index (χ1) is 9.24. The Balaban J connectivity index is 2.18. The van der Waals surface area contributed by atoms with E-state index in [-0.39, 0.29) is 11.8 Å². The second-order valence-electron chi connectivity index (χ2n) is 4.98. The zero-order valence-corrected chi connectivity index (χ0v) is 11.2. The lowest BCUT2D eigenvalue weighted by atomic mass is 9.96. The van der Waals surface area contributed by atoms with Gasteiger partial charge in [-0.05, 0) is 24.6 Å². The summed E-state index contributed by atoms with van der Waals surface area (Å²) in [5, 5.41) is 12.0. The minimum Gasteiger partial charge on any atom is -0.316 e. The standard InChI is InChI=1S/C15H19N3O/c1-12-10-17-11-14(12)15(19)18(9-5-8-16)13-6-3-2-4-7-13/h2-4,6-7,12,14,17H,5,9-11H2,1H3. The number of carbonyl (C=O) groups is 1. The fourth-order valence-corrected chi connectivity index (χ4v) is 2.48. The van der Waals surface area contributed by atoms with E-state index in [1.807, 2.05) is 30.3 Å². The Morgan fingerprint density at radius 3 is 2.74 bits per heavy atom. The molecule has 4 nitrogen and oxygen atoms in total. The van der Waals surface area contributed by atoms with Gasteiger partial charge in [-0.3, -0.25) is 4.79 Å². The van der Waals surface area contributed by atoms with E-state index >= 15 is 0 Å². The lowest BCUT2D eigenvalue weighted by Gasteiger charge is -2.26. The van der Waals surface area contributed by atoms with Gasteiger partial charge in [0, 0.05) is 18.8 Å². The average Bonchev–Trinajstić information content (AvgIpc) is 2.86. The summed E-state index contributed by atoms with van der Waals surface area (Å²) in [7, 11) is 0. The van der Waals surface area contributed by atoms with Gasteiger partial charge in [0.2, 0.25) is 5.91 Å². The van der Waals surface area contributed by atoms with E-state index in [1.54, 1.807) is 4.90 Å². The predicted molar refractivity (Wildman–Crippen MR) is 74.5 cm³/mol. The van der Waals surface area contributed by atoms with Crippen LogP contribution in [-0.4, -0.2) is 25.5 Å². The van der Waals surface area contributed by atoms with Crippen molar-refractivity contribution in [2.45, 2.75) is 13.3 Å². The summed E-state index contributed by atoms with van der Waals surface area (Å²) in [6.45, 7) is 4.17. The quantitative estimate of drug-likeness (QED) is 0.894. The lowest BCUT2D eigenvalue weighted by Crippen LogP contribution is -2.39. The van der Waals surface area contributed by atoms with E-state index in [0.29, 0.717) is 18.9 Å². The molecule has 2 unspecified atom stereocenters. The Morgan fingerprint density at radius 2 is 2.16 bits per heavy atom. The van der Waals surface area contributed by atoms with Crippen LogP contribution >= 0.6 is 0 Å². The normalized spacial score (nSPS) is 21.9. The molecule has 0 bridgehead atoms. The highest BCUT2D eigenvalue weighted by Gasteiger charge is 2.33. The van der Waals surface area contributed by atoms with Gasteiger partial charge in [-0.15, -0.1) is 0 Å². The zero-order valence-electron chi connectivity index (χ0n) is 11.2. The topological polar surface area (TPSA) is 56.1 Å². The van der Waals surface area contributed by atoms with Gasteiger partial charge >= 0.3 is 0 Å². The third kappa shape index (κ3) is 3.12. The summed E-state index contributed by atoms with van der Waals surface area (Å²) < 4.78 is 0. The number of anilines is 1. The van der Waals surface area contributed by atoms with Crippen LogP contribution in [0.5, 0.6) is 0 Å². The molecule has 1 heterocycles. The Bertz CT molecular complexity index is 466. The maximum atomic E-state index is 12.6. The minimum absolute atomic E-state index is 0.0129. The number of hydrogen-bond donors (Lipinski definition) is 1. The lowest BCUT2D eigenvalue weighted by molar-refractivity contribution is -0.122. The van der Waals surface area contributed by atoms with Gasteiger partial charge in [-0.2, -0.15) is 5.26 Å². The maximum Gasteiger partial charge on any atom is 0.231 e. The first kappa shape index (κ1) is 13.6. The van der Waals surface area contributed by atoms with Crippen LogP contribution in [-0.2, 0) is 4.79 Å². The van der Waals surface area contributed by atoms with Crippen molar-refractivity contribution in [2.24, 2.45) is 11.8 Å². The molecule has 1 aromatic rings. The molecule has 0 spiro atoms. The van der Waals surface area contributed by atoms with Crippen molar-refractivity contribution >= 4 is 11.6 Å². The molecule has 0 saturated carbocycles. The molecule has 1 amide bonds. The van der Waals surface area contributed by atoms with Crippen molar-refractivity contribution in [1.29, 1.82) is 5.26 Å². The van der Waals surface area contributed by atoms with Crippen LogP contribution in [0, 0.1) is 23.2 Å². The predicted octanol–water partition coefficient (Wildman–Crippen LogP) is 1.79. The van der Waals surface area contributed by atoms with Gasteiger partial charge in [0.1, 0.15) is 0 Å². The molecule has 1 saturated heterocycles. The highest BCUT2D eigenvalue weighted by Crippen LogP contribution is 2.23. The first-order valence-corrected chi connectivity index (χ1v) is 6.68. The largest absolute Gasteiger partial charge is 0.316 e. The van der Waals surface area contributed by atoms with Crippen LogP contribution < -0.4 is 10.2 Å². The molecule has 1 aromatic carbocycles. The number of nitriles is 1. The molecule has 19 heavy (non-hydrogen) atoms. The second-order valence-corrected chi connectivity index (χ2v) is 4.98. The smallest absolute Gasteiger partial charge is 0.231 e. The SMILES string of the molecule is CC1CNCC1C(=O)N(CCC#N)c1ccccc1. The van der Waals surface area contributed by atoms with Crippen molar-refractivity contribution in [1.82, 2.24) is 5.32 Å². The maximum absolute atomic E-state index is 12.6. The number of nitrogens with one attached hydrogen (secondary N) is 1. The molecule has 2 atom stereocenters.